The SMILES string of the molecule is COC(C)(CCC(=O)OC1CCCCC1)OC.[KH]. The first-order valence-corrected chi connectivity index (χ1v) is 6.39. The van der Waals surface area contributed by atoms with E-state index in [1.807, 2.05) is 6.92 Å². The molecule has 4 nitrogen and oxygen atoms in total. The predicted molar refractivity (Wildman–Crippen MR) is 71.8 cm³/mol. The van der Waals surface area contributed by atoms with E-state index in [0.29, 0.717) is 12.8 Å². The maximum atomic E-state index is 11.7. The molecule has 1 fully saturated rings. The van der Waals surface area contributed by atoms with Gasteiger partial charge in [0.05, 0.1) is 6.42 Å². The van der Waals surface area contributed by atoms with Gasteiger partial charge in [-0.2, -0.15) is 0 Å². The molecule has 0 aromatic rings. The molecule has 1 aliphatic carbocycles. The Morgan fingerprint density at radius 2 is 1.72 bits per heavy atom. The molecule has 0 N–H and O–H groups in total. The van der Waals surface area contributed by atoms with Gasteiger partial charge in [0.1, 0.15) is 6.10 Å². The molecule has 0 aliphatic heterocycles. The van der Waals surface area contributed by atoms with Crippen LogP contribution in [0.3, 0.4) is 0 Å². The van der Waals surface area contributed by atoms with Crippen molar-refractivity contribution in [1.29, 1.82) is 0 Å². The van der Waals surface area contributed by atoms with Gasteiger partial charge in [-0.15, -0.1) is 0 Å². The van der Waals surface area contributed by atoms with Crippen LogP contribution in [0.15, 0.2) is 0 Å². The van der Waals surface area contributed by atoms with E-state index in [9.17, 15) is 4.79 Å². The number of hydrogen-bond donors (Lipinski definition) is 0. The normalized spacial score (nSPS) is 17.1. The fraction of sp³-hybridized carbons (Fsp3) is 0.923. The van der Waals surface area contributed by atoms with Gasteiger partial charge in [0.15, 0.2) is 5.79 Å². The molecule has 1 rings (SSSR count). The first-order valence-electron chi connectivity index (χ1n) is 6.39. The minimum atomic E-state index is -0.689. The van der Waals surface area contributed by atoms with Crippen LogP contribution in [0.5, 0.6) is 0 Å². The second kappa shape index (κ2) is 9.86. The first-order chi connectivity index (χ1) is 8.09. The average molecular weight is 284 g/mol. The van der Waals surface area contributed by atoms with Crippen LogP contribution in [-0.4, -0.2) is 83.5 Å². The summed E-state index contributed by atoms with van der Waals surface area (Å²) in [7, 11) is 3.16. The molecule has 0 spiro atoms. The zero-order chi connectivity index (χ0) is 12.7. The third-order valence-corrected chi connectivity index (χ3v) is 3.50. The van der Waals surface area contributed by atoms with Crippen LogP contribution >= 0.6 is 0 Å². The summed E-state index contributed by atoms with van der Waals surface area (Å²) in [5.41, 5.74) is 0. The molecule has 1 aliphatic rings. The monoisotopic (exact) mass is 284 g/mol. The molecule has 5 heteroatoms. The summed E-state index contributed by atoms with van der Waals surface area (Å²) in [5, 5.41) is 0. The van der Waals surface area contributed by atoms with Crippen molar-refractivity contribution in [3.05, 3.63) is 0 Å². The topological polar surface area (TPSA) is 44.8 Å². The standard InChI is InChI=1S/C13H24O4.K.H/c1-13(15-2,16-3)10-9-12(14)17-11-7-5-4-6-8-11;;/h11H,4-10H2,1-3H3;;. The third kappa shape index (κ3) is 6.98. The van der Waals surface area contributed by atoms with Gasteiger partial charge >= 0.3 is 57.4 Å². The van der Waals surface area contributed by atoms with Gasteiger partial charge in [0.2, 0.25) is 0 Å². The van der Waals surface area contributed by atoms with Gasteiger partial charge < -0.3 is 14.2 Å². The summed E-state index contributed by atoms with van der Waals surface area (Å²) in [6.45, 7) is 1.82. The quantitative estimate of drug-likeness (QED) is 0.425. The fourth-order valence-corrected chi connectivity index (χ4v) is 2.04. The van der Waals surface area contributed by atoms with Crippen LogP contribution < -0.4 is 0 Å². The second-order valence-corrected chi connectivity index (χ2v) is 4.79. The van der Waals surface area contributed by atoms with Gasteiger partial charge in [-0.25, -0.2) is 0 Å². The van der Waals surface area contributed by atoms with E-state index >= 15 is 0 Å². The van der Waals surface area contributed by atoms with Crippen molar-refractivity contribution in [1.82, 2.24) is 0 Å². The van der Waals surface area contributed by atoms with E-state index in [2.05, 4.69) is 0 Å². The van der Waals surface area contributed by atoms with Crippen LogP contribution in [0.4, 0.5) is 0 Å². The van der Waals surface area contributed by atoms with Gasteiger partial charge in [0.25, 0.3) is 0 Å². The Kier molecular flexibility index (Phi) is 10.4. The average Bonchev–Trinajstić information content (AvgIpc) is 2.37. The minimum absolute atomic E-state index is 0. The zero-order valence-corrected chi connectivity index (χ0v) is 11.2. The third-order valence-electron chi connectivity index (χ3n) is 3.50. The molecule has 0 aromatic carbocycles. The molecule has 0 heterocycles. The molecule has 0 aromatic heterocycles. The molecule has 0 saturated heterocycles. The number of rotatable bonds is 6. The predicted octanol–water partition coefficient (Wildman–Crippen LogP) is 2.00. The number of esters is 1. The number of hydrogen-bond acceptors (Lipinski definition) is 4. The fourth-order valence-electron chi connectivity index (χ4n) is 2.04. The Balaban J connectivity index is 0.00000289. The van der Waals surface area contributed by atoms with E-state index in [0.717, 1.165) is 12.8 Å². The van der Waals surface area contributed by atoms with Crippen LogP contribution in [0, 0.1) is 0 Å². The Bertz CT molecular complexity index is 235. The Hall–Kier alpha value is 1.03. The van der Waals surface area contributed by atoms with Crippen LogP contribution in [0.2, 0.25) is 0 Å². The number of carbonyl (C=O) groups is 1. The summed E-state index contributed by atoms with van der Waals surface area (Å²) >= 11 is 0. The number of carbonyl (C=O) groups excluding carboxylic acids is 1. The van der Waals surface area contributed by atoms with E-state index in [-0.39, 0.29) is 63.5 Å². The van der Waals surface area contributed by atoms with E-state index < -0.39 is 5.79 Å². The molecule has 102 valence electrons. The van der Waals surface area contributed by atoms with Crippen molar-refractivity contribution < 1.29 is 19.0 Å². The van der Waals surface area contributed by atoms with E-state index in [4.69, 9.17) is 14.2 Å². The van der Waals surface area contributed by atoms with Crippen molar-refractivity contribution in [3.8, 4) is 0 Å². The second-order valence-electron chi connectivity index (χ2n) is 4.79. The summed E-state index contributed by atoms with van der Waals surface area (Å²) in [5.74, 6) is -0.830. The Labute approximate surface area is 153 Å². The molecular formula is C13H25KO4. The summed E-state index contributed by atoms with van der Waals surface area (Å²) in [6.07, 6.45) is 6.62. The van der Waals surface area contributed by atoms with Gasteiger partial charge in [-0.3, -0.25) is 4.79 Å². The zero-order valence-electron chi connectivity index (χ0n) is 11.2. The summed E-state index contributed by atoms with van der Waals surface area (Å²) in [6, 6.07) is 0. The van der Waals surface area contributed by atoms with Crippen molar-refractivity contribution in [2.45, 2.75) is 63.8 Å². The first kappa shape index (κ1) is 19.0. The van der Waals surface area contributed by atoms with Crippen molar-refractivity contribution in [2.24, 2.45) is 0 Å². The molecule has 18 heavy (non-hydrogen) atoms. The van der Waals surface area contributed by atoms with E-state index in [1.54, 1.807) is 14.2 Å². The number of methoxy groups -OCH3 is 2. The van der Waals surface area contributed by atoms with Crippen molar-refractivity contribution >= 4 is 57.4 Å². The van der Waals surface area contributed by atoms with Gasteiger partial charge in [-0.05, 0) is 32.6 Å². The maximum absolute atomic E-state index is 11.7. The summed E-state index contributed by atoms with van der Waals surface area (Å²) in [4.78, 5) is 11.7. The molecule has 0 amide bonds. The Morgan fingerprint density at radius 1 is 1.17 bits per heavy atom. The van der Waals surface area contributed by atoms with Crippen LogP contribution in [0.25, 0.3) is 0 Å². The molecule has 0 radical (unpaired) electrons. The van der Waals surface area contributed by atoms with E-state index in [1.165, 1.54) is 19.3 Å². The molecular weight excluding hydrogens is 259 g/mol. The molecule has 0 atom stereocenters. The molecule has 0 unspecified atom stereocenters. The number of ether oxygens (including phenoxy) is 3. The van der Waals surface area contributed by atoms with Crippen molar-refractivity contribution in [3.63, 3.8) is 0 Å². The van der Waals surface area contributed by atoms with Gasteiger partial charge in [0, 0.05) is 20.6 Å². The summed E-state index contributed by atoms with van der Waals surface area (Å²) < 4.78 is 15.8. The molecule has 1 saturated carbocycles. The van der Waals surface area contributed by atoms with Crippen LogP contribution in [0.1, 0.15) is 51.9 Å². The van der Waals surface area contributed by atoms with Gasteiger partial charge in [-0.1, -0.05) is 6.42 Å². The Morgan fingerprint density at radius 3 is 2.22 bits per heavy atom. The molecule has 0 bridgehead atoms. The van der Waals surface area contributed by atoms with Crippen molar-refractivity contribution in [2.75, 3.05) is 14.2 Å². The van der Waals surface area contributed by atoms with Crippen LogP contribution in [-0.2, 0) is 19.0 Å².